The zero-order valence-electron chi connectivity index (χ0n) is 35.7. The number of phosphoric acid groups is 1. The van der Waals surface area contributed by atoms with Crippen molar-refractivity contribution in [2.75, 3.05) is 47.5 Å². The monoisotopic (exact) mass is 877 g/mol. The first kappa shape index (κ1) is 49.0. The molecule has 0 spiro atoms. The molecule has 4 rings (SSSR count). The summed E-state index contributed by atoms with van der Waals surface area (Å²) < 4.78 is 34.0. The molecule has 0 amide bonds. The lowest BCUT2D eigenvalue weighted by molar-refractivity contribution is -0.870. The van der Waals surface area contributed by atoms with Crippen molar-refractivity contribution in [3.05, 3.63) is 116 Å². The quantitative estimate of drug-likeness (QED) is 0.0220. The second kappa shape index (κ2) is 27.3. The maximum Gasteiger partial charge on any atom is 0.306 e. The van der Waals surface area contributed by atoms with Gasteiger partial charge in [0.05, 0.1) is 27.7 Å². The molecule has 2 heterocycles. The summed E-state index contributed by atoms with van der Waals surface area (Å²) in [5.41, 5.74) is 5.00. The largest absolute Gasteiger partial charge is 0.756 e. The Kier molecular flexibility index (Phi) is 22.3. The number of hydrogen-bond acceptors (Lipinski definition) is 10. The highest BCUT2D eigenvalue weighted by molar-refractivity contribution is 7.45. The number of aryl methyl sites for hydroxylation is 2. The smallest absolute Gasteiger partial charge is 0.306 e. The highest BCUT2D eigenvalue weighted by Crippen LogP contribution is 2.38. The van der Waals surface area contributed by atoms with Gasteiger partial charge in [-0.1, -0.05) is 111 Å². The Morgan fingerprint density at radius 1 is 0.633 bits per heavy atom. The summed E-state index contributed by atoms with van der Waals surface area (Å²) in [5.74, 6) is -0.905. The molecule has 4 aromatic rings. The molecule has 2 aromatic carbocycles. The van der Waals surface area contributed by atoms with Gasteiger partial charge < -0.3 is 27.9 Å². The van der Waals surface area contributed by atoms with E-state index in [2.05, 4.69) is 108 Å². The molecule has 0 saturated heterocycles. The molecule has 9 nitrogen and oxygen atoms in total. The van der Waals surface area contributed by atoms with E-state index in [4.69, 9.17) is 18.5 Å². The van der Waals surface area contributed by atoms with Crippen molar-refractivity contribution in [1.82, 2.24) is 0 Å². The molecule has 2 atom stereocenters. The normalized spacial score (nSPS) is 13.5. The van der Waals surface area contributed by atoms with Crippen LogP contribution in [0.2, 0.25) is 0 Å². The standard InChI is InChI=1S/C48H64NO8PS2/c1-49(2,3)34-35-55-58(52,53)56-39-44(57-48(51)21-13-9-5-7-11-17-41-24-28-43(29-25-41)31-33-46-19-15-37-60-46)38-54-47(50)20-12-8-4-6-10-16-40-22-26-42(27-23-40)30-32-45-18-14-36-59-45/h14-15,18-19,22-33,36-37,44H,4-13,16-17,20-21,34-35,38-39H2,1-3H3/b32-30+,33-31+/t44-/m1/s1. The van der Waals surface area contributed by atoms with E-state index < -0.39 is 32.5 Å². The summed E-state index contributed by atoms with van der Waals surface area (Å²) in [6, 6.07) is 25.6. The second-order valence-corrected chi connectivity index (χ2v) is 19.5. The van der Waals surface area contributed by atoms with Crippen LogP contribution >= 0.6 is 30.5 Å². The van der Waals surface area contributed by atoms with Crippen LogP contribution in [0.25, 0.3) is 24.3 Å². The summed E-state index contributed by atoms with van der Waals surface area (Å²) >= 11 is 3.44. The van der Waals surface area contributed by atoms with Crippen LogP contribution in [-0.2, 0) is 45.5 Å². The minimum atomic E-state index is -4.66. The van der Waals surface area contributed by atoms with Crippen molar-refractivity contribution in [2.45, 2.75) is 96.0 Å². The molecule has 326 valence electrons. The van der Waals surface area contributed by atoms with Crippen LogP contribution in [-0.4, -0.2) is 70.0 Å². The fourth-order valence-corrected chi connectivity index (χ4v) is 8.20. The number of thiophene rings is 2. The fraction of sp³-hybridized carbons (Fsp3) is 0.458. The van der Waals surface area contributed by atoms with E-state index in [0.29, 0.717) is 23.9 Å². The number of phosphoric ester groups is 1. The first-order chi connectivity index (χ1) is 28.9. The number of hydrogen-bond donors (Lipinski definition) is 0. The third kappa shape index (κ3) is 22.3. The number of likely N-dealkylation sites (N-methyl/N-ethyl adjacent to an activating group) is 1. The molecule has 0 aliphatic rings. The Morgan fingerprint density at radius 2 is 1.12 bits per heavy atom. The van der Waals surface area contributed by atoms with Crippen LogP contribution in [0.1, 0.15) is 109 Å². The van der Waals surface area contributed by atoms with Crippen molar-refractivity contribution in [3.63, 3.8) is 0 Å². The van der Waals surface area contributed by atoms with Crippen LogP contribution in [0.5, 0.6) is 0 Å². The molecule has 2 aromatic heterocycles. The summed E-state index contributed by atoms with van der Waals surface area (Å²) in [7, 11) is 1.10. The van der Waals surface area contributed by atoms with Gasteiger partial charge in [0, 0.05) is 22.6 Å². The molecule has 0 aliphatic heterocycles. The Labute approximate surface area is 366 Å². The van der Waals surface area contributed by atoms with Crippen molar-refractivity contribution < 1.29 is 42.1 Å². The average Bonchev–Trinajstić information content (AvgIpc) is 3.95. The highest BCUT2D eigenvalue weighted by Gasteiger charge is 2.21. The number of carbonyl (C=O) groups excluding carboxylic acids is 2. The second-order valence-electron chi connectivity index (χ2n) is 16.1. The molecule has 12 heteroatoms. The predicted molar refractivity (Wildman–Crippen MR) is 245 cm³/mol. The third-order valence-electron chi connectivity index (χ3n) is 9.78. The lowest BCUT2D eigenvalue weighted by Crippen LogP contribution is -2.37. The number of carbonyl (C=O) groups is 2. The van der Waals surface area contributed by atoms with E-state index in [9.17, 15) is 19.0 Å². The molecule has 1 unspecified atom stereocenters. The number of esters is 2. The van der Waals surface area contributed by atoms with Gasteiger partial charge in [-0.25, -0.2) is 0 Å². The topological polar surface area (TPSA) is 111 Å². The Balaban J connectivity index is 1.09. The molecule has 0 radical (unpaired) electrons. The SMILES string of the molecule is C[N+](C)(C)CCOP(=O)([O-])OC[C@@H](COC(=O)CCCCCCCc1ccc(/C=C/c2cccs2)cc1)OC(=O)CCCCCCCc1ccc(/C=C/c2cccs2)cc1. The molecular formula is C48H64NO8PS2. The van der Waals surface area contributed by atoms with E-state index in [1.807, 2.05) is 21.1 Å². The van der Waals surface area contributed by atoms with Gasteiger partial charge >= 0.3 is 11.9 Å². The summed E-state index contributed by atoms with van der Waals surface area (Å²) in [6.45, 7) is -0.385. The average molecular weight is 878 g/mol. The molecule has 0 N–H and O–H groups in total. The van der Waals surface area contributed by atoms with Gasteiger partial charge in [-0.15, -0.1) is 22.7 Å². The molecule has 60 heavy (non-hydrogen) atoms. The molecular weight excluding hydrogens is 814 g/mol. The Bertz CT molecular complexity index is 1890. The third-order valence-corrected chi connectivity index (χ3v) is 12.4. The van der Waals surface area contributed by atoms with E-state index in [-0.39, 0.29) is 26.1 Å². The Hall–Kier alpha value is -3.67. The van der Waals surface area contributed by atoms with E-state index >= 15 is 0 Å². The van der Waals surface area contributed by atoms with Gasteiger partial charge in [-0.05, 0) is 95.8 Å². The van der Waals surface area contributed by atoms with Gasteiger partial charge in [0.2, 0.25) is 0 Å². The van der Waals surface area contributed by atoms with Gasteiger partial charge in [-0.3, -0.25) is 14.2 Å². The van der Waals surface area contributed by atoms with Crippen molar-refractivity contribution in [3.8, 4) is 0 Å². The molecule has 0 aliphatic carbocycles. The molecule has 0 bridgehead atoms. The van der Waals surface area contributed by atoms with E-state index in [1.165, 1.54) is 32.0 Å². The maximum absolute atomic E-state index is 12.8. The number of nitrogens with zero attached hydrogens (tertiary/aromatic N) is 1. The minimum Gasteiger partial charge on any atom is -0.756 e. The molecule has 0 saturated carbocycles. The number of unbranched alkanes of at least 4 members (excludes halogenated alkanes) is 8. The summed E-state index contributed by atoms with van der Waals surface area (Å²) in [4.78, 5) is 40.3. The van der Waals surface area contributed by atoms with E-state index in [1.54, 1.807) is 22.7 Å². The van der Waals surface area contributed by atoms with Gasteiger partial charge in [0.25, 0.3) is 7.82 Å². The first-order valence-electron chi connectivity index (χ1n) is 21.3. The summed E-state index contributed by atoms with van der Waals surface area (Å²) in [5, 5.41) is 4.15. The van der Waals surface area contributed by atoms with Crippen molar-refractivity contribution in [1.29, 1.82) is 0 Å². The van der Waals surface area contributed by atoms with Crippen molar-refractivity contribution in [2.24, 2.45) is 0 Å². The zero-order chi connectivity index (χ0) is 42.9. The maximum atomic E-state index is 12.8. The lowest BCUT2D eigenvalue weighted by atomic mass is 10.0. The number of quaternary nitrogens is 1. The lowest BCUT2D eigenvalue weighted by Gasteiger charge is -2.28. The van der Waals surface area contributed by atoms with Crippen LogP contribution in [0.3, 0.4) is 0 Å². The summed E-state index contributed by atoms with van der Waals surface area (Å²) in [6.07, 6.45) is 19.3. The van der Waals surface area contributed by atoms with Crippen LogP contribution < -0.4 is 4.89 Å². The van der Waals surface area contributed by atoms with Gasteiger partial charge in [0.15, 0.2) is 6.10 Å². The molecule has 0 fully saturated rings. The number of ether oxygens (including phenoxy) is 2. The van der Waals surface area contributed by atoms with Crippen LogP contribution in [0, 0.1) is 0 Å². The van der Waals surface area contributed by atoms with Gasteiger partial charge in [-0.2, -0.15) is 0 Å². The van der Waals surface area contributed by atoms with Gasteiger partial charge in [0.1, 0.15) is 19.8 Å². The number of benzene rings is 2. The minimum absolute atomic E-state index is 0.0502. The van der Waals surface area contributed by atoms with E-state index in [0.717, 1.165) is 64.2 Å². The fourth-order valence-electron chi connectivity index (χ4n) is 6.23. The Morgan fingerprint density at radius 3 is 1.60 bits per heavy atom. The highest BCUT2D eigenvalue weighted by atomic mass is 32.1. The zero-order valence-corrected chi connectivity index (χ0v) is 38.2. The van der Waals surface area contributed by atoms with Crippen LogP contribution in [0.4, 0.5) is 0 Å². The predicted octanol–water partition coefficient (Wildman–Crippen LogP) is 11.3. The first-order valence-corrected chi connectivity index (χ1v) is 24.5. The number of rotatable bonds is 30. The van der Waals surface area contributed by atoms with Crippen molar-refractivity contribution >= 4 is 66.7 Å². The van der Waals surface area contributed by atoms with Crippen LogP contribution in [0.15, 0.2) is 83.6 Å².